The third-order valence-electron chi connectivity index (χ3n) is 2.86. The lowest BCUT2D eigenvalue weighted by molar-refractivity contribution is -0.125. The summed E-state index contributed by atoms with van der Waals surface area (Å²) in [5, 5.41) is 11.6. The van der Waals surface area contributed by atoms with Gasteiger partial charge in [0, 0.05) is 18.4 Å². The molecule has 1 aliphatic rings. The number of aliphatic hydroxyl groups excluding tert-OH is 1. The number of aliphatic hydroxyl groups is 1. The van der Waals surface area contributed by atoms with Gasteiger partial charge in [-0.15, -0.1) is 0 Å². The van der Waals surface area contributed by atoms with E-state index in [1.165, 1.54) is 13.8 Å². The van der Waals surface area contributed by atoms with E-state index in [9.17, 15) is 9.59 Å². The van der Waals surface area contributed by atoms with Crippen LogP contribution in [0, 0.1) is 0 Å². The summed E-state index contributed by atoms with van der Waals surface area (Å²) in [7, 11) is 0. The molecular formula is C12H21NO4S. The number of carbonyl (C=O) groups excluding carboxylic acids is 2. The maximum absolute atomic E-state index is 11.3. The van der Waals surface area contributed by atoms with Gasteiger partial charge in [0.25, 0.3) is 0 Å². The highest BCUT2D eigenvalue weighted by molar-refractivity contribution is 7.99. The first-order valence-corrected chi connectivity index (χ1v) is 7.30. The molecule has 0 radical (unpaired) electrons. The normalized spacial score (nSPS) is 24.8. The van der Waals surface area contributed by atoms with E-state index in [-0.39, 0.29) is 30.5 Å². The molecule has 1 amide bonds. The van der Waals surface area contributed by atoms with Crippen LogP contribution in [0.1, 0.15) is 26.7 Å². The maximum Gasteiger partial charge on any atom is 0.217 e. The molecule has 1 aliphatic heterocycles. The van der Waals surface area contributed by atoms with Gasteiger partial charge in [-0.25, -0.2) is 0 Å². The number of ether oxygens (including phenoxy) is 1. The van der Waals surface area contributed by atoms with Gasteiger partial charge in [-0.1, -0.05) is 0 Å². The number of nitrogens with one attached hydrogen (secondary N) is 1. The van der Waals surface area contributed by atoms with Crippen LogP contribution >= 0.6 is 11.8 Å². The highest BCUT2D eigenvalue weighted by atomic mass is 32.2. The van der Waals surface area contributed by atoms with Gasteiger partial charge in [0.1, 0.15) is 0 Å². The molecule has 0 spiro atoms. The van der Waals surface area contributed by atoms with Crippen molar-refractivity contribution >= 4 is 23.5 Å². The van der Waals surface area contributed by atoms with Crippen LogP contribution in [0.4, 0.5) is 0 Å². The van der Waals surface area contributed by atoms with E-state index in [1.807, 2.05) is 0 Å². The average molecular weight is 275 g/mol. The Balaban J connectivity index is 2.22. The van der Waals surface area contributed by atoms with E-state index in [0.717, 1.165) is 18.6 Å². The number of hydrogen-bond donors (Lipinski definition) is 2. The first-order chi connectivity index (χ1) is 8.52. The zero-order valence-electron chi connectivity index (χ0n) is 10.8. The number of hydrogen-bond acceptors (Lipinski definition) is 5. The number of carbonyl (C=O) groups is 2. The summed E-state index contributed by atoms with van der Waals surface area (Å²) in [6.07, 6.45) is 1.96. The lowest BCUT2D eigenvalue weighted by atomic mass is 10.2. The minimum atomic E-state index is -0.414. The number of ketones is 1. The van der Waals surface area contributed by atoms with Gasteiger partial charge in [0.05, 0.1) is 24.9 Å². The van der Waals surface area contributed by atoms with Gasteiger partial charge < -0.3 is 15.2 Å². The molecule has 0 saturated carbocycles. The Kier molecular flexibility index (Phi) is 6.67. The quantitative estimate of drug-likeness (QED) is 0.701. The molecule has 1 fully saturated rings. The maximum atomic E-state index is 11.3. The Labute approximate surface area is 112 Å². The second-order valence-electron chi connectivity index (χ2n) is 4.54. The fourth-order valence-corrected chi connectivity index (χ4v) is 3.06. The summed E-state index contributed by atoms with van der Waals surface area (Å²) in [6, 6.07) is -0.414. The van der Waals surface area contributed by atoms with Gasteiger partial charge in [-0.2, -0.15) is 11.8 Å². The molecule has 0 aromatic rings. The van der Waals surface area contributed by atoms with Gasteiger partial charge in [-0.05, 0) is 19.8 Å². The second kappa shape index (κ2) is 7.76. The minimum absolute atomic E-state index is 0.0294. The number of thioether (sulfide) groups is 1. The Morgan fingerprint density at radius 2 is 2.06 bits per heavy atom. The molecule has 0 aliphatic carbocycles. The summed E-state index contributed by atoms with van der Waals surface area (Å²) in [5.74, 6) is 1.14. The molecule has 2 N–H and O–H groups in total. The molecule has 5 nitrogen and oxygen atoms in total. The number of Topliss-reactive ketones (excluding diaryl/α,β-unsaturated/α-hetero) is 1. The van der Waals surface area contributed by atoms with E-state index >= 15 is 0 Å². The van der Waals surface area contributed by atoms with E-state index < -0.39 is 6.04 Å². The van der Waals surface area contributed by atoms with Crippen LogP contribution in [0.2, 0.25) is 0 Å². The lowest BCUT2D eigenvalue weighted by Gasteiger charge is -2.16. The molecular weight excluding hydrogens is 254 g/mol. The van der Waals surface area contributed by atoms with Crippen LogP contribution in [0.25, 0.3) is 0 Å². The van der Waals surface area contributed by atoms with E-state index in [0.29, 0.717) is 5.75 Å². The van der Waals surface area contributed by atoms with Crippen LogP contribution in [-0.4, -0.2) is 53.2 Å². The largest absolute Gasteiger partial charge is 0.394 e. The molecule has 0 aromatic carbocycles. The first kappa shape index (κ1) is 15.5. The van der Waals surface area contributed by atoms with Gasteiger partial charge in [0.2, 0.25) is 5.91 Å². The lowest BCUT2D eigenvalue weighted by Crippen LogP contribution is -2.40. The van der Waals surface area contributed by atoms with Crippen molar-refractivity contribution in [2.24, 2.45) is 0 Å². The SMILES string of the molecule is CC(=O)NC(CSCC1CCC(CO)O1)C(C)=O. The Morgan fingerprint density at radius 3 is 2.56 bits per heavy atom. The van der Waals surface area contributed by atoms with E-state index in [2.05, 4.69) is 5.32 Å². The second-order valence-corrected chi connectivity index (χ2v) is 5.62. The summed E-state index contributed by atoms with van der Waals surface area (Å²) in [6.45, 7) is 2.96. The van der Waals surface area contributed by atoms with Crippen LogP contribution in [0.3, 0.4) is 0 Å². The van der Waals surface area contributed by atoms with Crippen molar-refractivity contribution in [1.82, 2.24) is 5.32 Å². The summed E-state index contributed by atoms with van der Waals surface area (Å²) in [4.78, 5) is 22.2. The molecule has 6 heteroatoms. The molecule has 0 bridgehead atoms. The van der Waals surface area contributed by atoms with Crippen molar-refractivity contribution in [1.29, 1.82) is 0 Å². The molecule has 18 heavy (non-hydrogen) atoms. The fraction of sp³-hybridized carbons (Fsp3) is 0.833. The smallest absolute Gasteiger partial charge is 0.217 e. The Bertz CT molecular complexity index is 298. The van der Waals surface area contributed by atoms with Crippen molar-refractivity contribution in [3.05, 3.63) is 0 Å². The van der Waals surface area contributed by atoms with Gasteiger partial charge in [-0.3, -0.25) is 9.59 Å². The number of rotatable bonds is 7. The van der Waals surface area contributed by atoms with Crippen LogP contribution < -0.4 is 5.32 Å². The zero-order chi connectivity index (χ0) is 13.5. The van der Waals surface area contributed by atoms with Crippen LogP contribution in [0.15, 0.2) is 0 Å². The van der Waals surface area contributed by atoms with Crippen LogP contribution in [-0.2, 0) is 14.3 Å². The Morgan fingerprint density at radius 1 is 1.39 bits per heavy atom. The summed E-state index contributed by atoms with van der Waals surface area (Å²) in [5.41, 5.74) is 0. The standard InChI is InChI=1S/C12H21NO4S/c1-8(15)12(13-9(2)16)7-18-6-11-4-3-10(5-14)17-11/h10-12,14H,3-7H2,1-2H3,(H,13,16). The summed E-state index contributed by atoms with van der Waals surface area (Å²) < 4.78 is 5.59. The van der Waals surface area contributed by atoms with Crippen molar-refractivity contribution in [3.8, 4) is 0 Å². The Hall–Kier alpha value is -0.590. The molecule has 1 saturated heterocycles. The molecule has 1 rings (SSSR count). The van der Waals surface area contributed by atoms with Crippen LogP contribution in [0.5, 0.6) is 0 Å². The third-order valence-corrected chi connectivity index (χ3v) is 4.03. The minimum Gasteiger partial charge on any atom is -0.394 e. The fourth-order valence-electron chi connectivity index (χ4n) is 1.86. The monoisotopic (exact) mass is 275 g/mol. The molecule has 0 aromatic heterocycles. The first-order valence-electron chi connectivity index (χ1n) is 6.14. The number of amides is 1. The van der Waals surface area contributed by atoms with Crippen molar-refractivity contribution in [2.75, 3.05) is 18.1 Å². The van der Waals surface area contributed by atoms with Crippen molar-refractivity contribution in [2.45, 2.75) is 44.9 Å². The molecule has 104 valence electrons. The molecule has 3 atom stereocenters. The molecule has 3 unspecified atom stereocenters. The molecule has 1 heterocycles. The third kappa shape index (κ3) is 5.37. The van der Waals surface area contributed by atoms with Gasteiger partial charge in [0.15, 0.2) is 5.78 Å². The van der Waals surface area contributed by atoms with E-state index in [4.69, 9.17) is 9.84 Å². The van der Waals surface area contributed by atoms with Gasteiger partial charge >= 0.3 is 0 Å². The topological polar surface area (TPSA) is 75.6 Å². The van der Waals surface area contributed by atoms with E-state index in [1.54, 1.807) is 11.8 Å². The average Bonchev–Trinajstić information content (AvgIpc) is 2.75. The zero-order valence-corrected chi connectivity index (χ0v) is 11.7. The summed E-state index contributed by atoms with van der Waals surface area (Å²) >= 11 is 1.60. The van der Waals surface area contributed by atoms with Crippen molar-refractivity contribution in [3.63, 3.8) is 0 Å². The highest BCUT2D eigenvalue weighted by Gasteiger charge is 2.25. The predicted octanol–water partition coefficient (Wildman–Crippen LogP) is 0.353. The predicted molar refractivity (Wildman–Crippen MR) is 70.6 cm³/mol. The highest BCUT2D eigenvalue weighted by Crippen LogP contribution is 2.22. The van der Waals surface area contributed by atoms with Crippen molar-refractivity contribution < 1.29 is 19.4 Å².